The average molecular weight is 615 g/mol. The molecule has 0 aromatic carbocycles. The fraction of sp³-hybridized carbons (Fsp3) is 0.903. The first-order chi connectivity index (χ1) is 19.7. The summed E-state index contributed by atoms with van der Waals surface area (Å²) in [5, 5.41) is 20.5. The van der Waals surface area contributed by atoms with E-state index in [1.54, 1.807) is 0 Å². The Hall–Kier alpha value is -1.48. The maximum atomic E-state index is 12.4. The molecular formula is C31H51O10P. The van der Waals surface area contributed by atoms with Crippen molar-refractivity contribution in [1.82, 2.24) is 0 Å². The summed E-state index contributed by atoms with van der Waals surface area (Å²) >= 11 is 0. The lowest BCUT2D eigenvalue weighted by atomic mass is 9.44. The number of hydrogen-bond donors (Lipinski definition) is 4. The van der Waals surface area contributed by atoms with Gasteiger partial charge in [0, 0.05) is 12.8 Å². The fourth-order valence-corrected chi connectivity index (χ4v) is 10.9. The van der Waals surface area contributed by atoms with Crippen molar-refractivity contribution in [2.75, 3.05) is 13.0 Å². The standard InChI is InChI=1S/C31H51O10P/c1-19(7-11-26(33)40-18-41-27(34)12-8-20(29(35)36)17-42(37,38)39)22-9-10-23-28-24(13-15-31(22,23)3)30(2)14-5-4-6-21(30)16-25(28)32/h19-25,28,32H,4-18H2,1-3H3,(H,35,36)(H2,37,38,39)/t19-,20?,21?,22?,23?,24?,25?,28?,30?,31?/m1/s1. The summed E-state index contributed by atoms with van der Waals surface area (Å²) in [7, 11) is -4.54. The van der Waals surface area contributed by atoms with E-state index in [2.05, 4.69) is 20.8 Å². The van der Waals surface area contributed by atoms with E-state index in [0.29, 0.717) is 47.3 Å². The fourth-order valence-electron chi connectivity index (χ4n) is 9.95. The number of carbonyl (C=O) groups is 3. The zero-order valence-electron chi connectivity index (χ0n) is 25.4. The third kappa shape index (κ3) is 7.24. The van der Waals surface area contributed by atoms with Gasteiger partial charge in [0.2, 0.25) is 6.79 Å². The van der Waals surface area contributed by atoms with Gasteiger partial charge in [-0.05, 0) is 104 Å². The first kappa shape index (κ1) is 33.4. The Morgan fingerprint density at radius 1 is 0.905 bits per heavy atom. The van der Waals surface area contributed by atoms with Crippen molar-refractivity contribution >= 4 is 25.5 Å². The van der Waals surface area contributed by atoms with Crippen molar-refractivity contribution in [3.8, 4) is 0 Å². The predicted octanol–water partition coefficient (Wildman–Crippen LogP) is 5.13. The van der Waals surface area contributed by atoms with Gasteiger partial charge >= 0.3 is 25.5 Å². The molecule has 9 unspecified atom stereocenters. The lowest BCUT2D eigenvalue weighted by Crippen LogP contribution is -2.57. The normalized spacial score (nSPS) is 37.5. The molecule has 4 rings (SSSR count). The molecule has 11 heteroatoms. The molecule has 0 saturated heterocycles. The minimum absolute atomic E-state index is 0.159. The van der Waals surface area contributed by atoms with E-state index in [9.17, 15) is 24.1 Å². The number of hydrogen-bond acceptors (Lipinski definition) is 7. The third-order valence-electron chi connectivity index (χ3n) is 12.1. The van der Waals surface area contributed by atoms with Crippen LogP contribution in [0.5, 0.6) is 0 Å². The molecule has 10 atom stereocenters. The van der Waals surface area contributed by atoms with E-state index in [4.69, 9.17) is 24.4 Å². The van der Waals surface area contributed by atoms with Gasteiger partial charge in [0.25, 0.3) is 0 Å². The summed E-state index contributed by atoms with van der Waals surface area (Å²) in [5.74, 6) is -1.09. The number of carbonyl (C=O) groups excluding carboxylic acids is 2. The molecule has 0 aliphatic heterocycles. The Balaban J connectivity index is 1.22. The van der Waals surface area contributed by atoms with E-state index in [1.165, 1.54) is 38.5 Å². The summed E-state index contributed by atoms with van der Waals surface area (Å²) < 4.78 is 21.1. The van der Waals surface area contributed by atoms with E-state index in [0.717, 1.165) is 19.3 Å². The summed E-state index contributed by atoms with van der Waals surface area (Å²) in [6.07, 6.45) is 9.91. The summed E-state index contributed by atoms with van der Waals surface area (Å²) in [6, 6.07) is 0. The molecule has 4 aliphatic rings. The van der Waals surface area contributed by atoms with Crippen LogP contribution in [0, 0.1) is 52.3 Å². The van der Waals surface area contributed by atoms with Gasteiger partial charge in [-0.1, -0.05) is 33.6 Å². The molecule has 0 spiro atoms. The van der Waals surface area contributed by atoms with Crippen molar-refractivity contribution in [3.63, 3.8) is 0 Å². The topological polar surface area (TPSA) is 168 Å². The van der Waals surface area contributed by atoms with E-state index in [-0.39, 0.29) is 30.8 Å². The molecule has 42 heavy (non-hydrogen) atoms. The van der Waals surface area contributed by atoms with Crippen molar-refractivity contribution in [1.29, 1.82) is 0 Å². The zero-order chi connectivity index (χ0) is 30.9. The third-order valence-corrected chi connectivity index (χ3v) is 13.0. The van der Waals surface area contributed by atoms with Gasteiger partial charge in [0.15, 0.2) is 0 Å². The molecule has 0 heterocycles. The predicted molar refractivity (Wildman–Crippen MR) is 154 cm³/mol. The lowest BCUT2D eigenvalue weighted by molar-refractivity contribution is -0.168. The summed E-state index contributed by atoms with van der Waals surface area (Å²) in [6.45, 7) is 6.58. The Kier molecular flexibility index (Phi) is 10.5. The zero-order valence-corrected chi connectivity index (χ0v) is 26.3. The van der Waals surface area contributed by atoms with Gasteiger partial charge in [-0.15, -0.1) is 0 Å². The van der Waals surface area contributed by atoms with Crippen molar-refractivity contribution in [2.24, 2.45) is 52.3 Å². The molecule has 240 valence electrons. The largest absolute Gasteiger partial charge is 0.481 e. The lowest BCUT2D eigenvalue weighted by Gasteiger charge is -2.62. The molecule has 0 amide bonds. The van der Waals surface area contributed by atoms with Gasteiger partial charge in [-0.2, -0.15) is 0 Å². The van der Waals surface area contributed by atoms with Crippen molar-refractivity contribution < 1.29 is 48.4 Å². The first-order valence-corrected chi connectivity index (χ1v) is 17.7. The Morgan fingerprint density at radius 2 is 1.55 bits per heavy atom. The van der Waals surface area contributed by atoms with Crippen molar-refractivity contribution in [3.05, 3.63) is 0 Å². The number of aliphatic hydroxyl groups is 1. The summed E-state index contributed by atoms with van der Waals surface area (Å²) in [4.78, 5) is 53.5. The number of carboxylic acids is 1. The maximum Gasteiger partial charge on any atom is 0.326 e. The molecule has 4 fully saturated rings. The Labute approximate surface area is 249 Å². The maximum absolute atomic E-state index is 12.4. The molecule has 0 aromatic rings. The Morgan fingerprint density at radius 3 is 2.19 bits per heavy atom. The number of carboxylic acid groups (broad SMARTS) is 1. The van der Waals surface area contributed by atoms with Crippen LogP contribution in [-0.2, 0) is 28.4 Å². The molecule has 4 aliphatic carbocycles. The van der Waals surface area contributed by atoms with Crippen molar-refractivity contribution in [2.45, 2.75) is 110 Å². The quantitative estimate of drug-likeness (QED) is 0.131. The number of rotatable bonds is 12. The molecule has 0 aromatic heterocycles. The van der Waals surface area contributed by atoms with Crippen LogP contribution in [0.1, 0.15) is 104 Å². The summed E-state index contributed by atoms with van der Waals surface area (Å²) in [5.41, 5.74) is 0.522. The van der Waals surface area contributed by atoms with Gasteiger partial charge in [0.05, 0.1) is 18.2 Å². The van der Waals surface area contributed by atoms with E-state index < -0.39 is 44.4 Å². The van der Waals surface area contributed by atoms with Gasteiger partial charge in [-0.3, -0.25) is 18.9 Å². The minimum atomic E-state index is -4.54. The first-order valence-electron chi connectivity index (χ1n) is 15.9. The van der Waals surface area contributed by atoms with Crippen LogP contribution in [0.2, 0.25) is 0 Å². The second-order valence-corrected chi connectivity index (χ2v) is 16.1. The second-order valence-electron chi connectivity index (χ2n) is 14.4. The van der Waals surface area contributed by atoms with Crippen LogP contribution in [-0.4, -0.2) is 57.0 Å². The van der Waals surface area contributed by atoms with Gasteiger partial charge in [-0.25, -0.2) is 0 Å². The van der Waals surface area contributed by atoms with E-state index in [1.807, 2.05) is 0 Å². The van der Waals surface area contributed by atoms with Crippen LogP contribution in [0.3, 0.4) is 0 Å². The van der Waals surface area contributed by atoms with Crippen LogP contribution in [0.15, 0.2) is 0 Å². The molecule has 10 nitrogen and oxygen atoms in total. The number of fused-ring (bicyclic) bond motifs is 5. The number of aliphatic hydroxyl groups excluding tert-OH is 1. The van der Waals surface area contributed by atoms with Crippen LogP contribution >= 0.6 is 7.60 Å². The van der Waals surface area contributed by atoms with Crippen LogP contribution < -0.4 is 0 Å². The smallest absolute Gasteiger partial charge is 0.326 e. The number of aliphatic carboxylic acids is 1. The Bertz CT molecular complexity index is 1040. The highest BCUT2D eigenvalue weighted by atomic mass is 31.2. The van der Waals surface area contributed by atoms with Gasteiger partial charge < -0.3 is 29.5 Å². The van der Waals surface area contributed by atoms with Crippen LogP contribution in [0.25, 0.3) is 0 Å². The molecule has 0 bridgehead atoms. The minimum Gasteiger partial charge on any atom is -0.481 e. The highest BCUT2D eigenvalue weighted by Gasteiger charge is 2.62. The molecule has 4 N–H and O–H groups in total. The molecule has 4 saturated carbocycles. The highest BCUT2D eigenvalue weighted by molar-refractivity contribution is 7.51. The van der Waals surface area contributed by atoms with Gasteiger partial charge in [0.1, 0.15) is 0 Å². The highest BCUT2D eigenvalue weighted by Crippen LogP contribution is 2.68. The monoisotopic (exact) mass is 614 g/mol. The van der Waals surface area contributed by atoms with Crippen LogP contribution in [0.4, 0.5) is 0 Å². The van der Waals surface area contributed by atoms with E-state index >= 15 is 0 Å². The number of ether oxygens (including phenoxy) is 2. The average Bonchev–Trinajstić information content (AvgIpc) is 3.26. The second kappa shape index (κ2) is 13.3. The molecule has 0 radical (unpaired) electrons. The molecular weight excluding hydrogens is 563 g/mol. The number of esters is 2. The SMILES string of the molecule is C[C@H](CCC(=O)OCOC(=O)CCC(CP(=O)(O)O)C(=O)O)C1CCC2C3C(O)CC4CCCCC4(C)C3CCC21C.